The average molecular weight is 286 g/mol. The van der Waals surface area contributed by atoms with E-state index < -0.39 is 5.97 Å². The van der Waals surface area contributed by atoms with Gasteiger partial charge in [0, 0.05) is 22.6 Å². The van der Waals surface area contributed by atoms with Gasteiger partial charge in [-0.15, -0.1) is 11.8 Å². The highest BCUT2D eigenvalue weighted by Crippen LogP contribution is 2.41. The van der Waals surface area contributed by atoms with Gasteiger partial charge in [0.05, 0.1) is 11.3 Å². The molecule has 1 aliphatic carbocycles. The van der Waals surface area contributed by atoms with E-state index in [1.165, 1.54) is 11.1 Å². The van der Waals surface area contributed by atoms with Crippen molar-refractivity contribution in [2.75, 3.05) is 6.26 Å². The van der Waals surface area contributed by atoms with E-state index in [0.29, 0.717) is 11.5 Å². The number of carbonyl (C=O) groups is 1. The number of hydrogen-bond acceptors (Lipinski definition) is 4. The summed E-state index contributed by atoms with van der Waals surface area (Å²) in [6, 6.07) is 7.98. The second-order valence-electron chi connectivity index (χ2n) is 4.80. The molecule has 0 unspecified atom stereocenters. The van der Waals surface area contributed by atoms with E-state index >= 15 is 0 Å². The van der Waals surface area contributed by atoms with Crippen LogP contribution in [0, 0.1) is 0 Å². The Morgan fingerprint density at radius 2 is 2.00 bits per heavy atom. The van der Waals surface area contributed by atoms with E-state index in [1.54, 1.807) is 11.8 Å². The lowest BCUT2D eigenvalue weighted by atomic mass is 10.1. The minimum atomic E-state index is -0.948. The molecule has 1 N–H and O–H groups in total. The largest absolute Gasteiger partial charge is 0.478 e. The molecule has 2 aromatic rings. The Morgan fingerprint density at radius 1 is 1.30 bits per heavy atom. The number of carboxylic acids is 1. The summed E-state index contributed by atoms with van der Waals surface area (Å²) in [7, 11) is 0. The standard InChI is InChI=1S/C15H14N2O2S/c1-20-11-6-4-10(5-7-11)14-16-8-12(15(18)19)13(17-14)9-2-3-9/h4-9H,2-3H2,1H3,(H,18,19). The van der Waals surface area contributed by atoms with Gasteiger partial charge in [-0.05, 0) is 31.2 Å². The zero-order chi connectivity index (χ0) is 14.1. The molecule has 1 aromatic carbocycles. The van der Waals surface area contributed by atoms with Crippen LogP contribution in [-0.2, 0) is 0 Å². The van der Waals surface area contributed by atoms with Crippen molar-refractivity contribution in [3.8, 4) is 11.4 Å². The van der Waals surface area contributed by atoms with E-state index in [-0.39, 0.29) is 11.5 Å². The molecule has 0 amide bonds. The van der Waals surface area contributed by atoms with Gasteiger partial charge in [0.15, 0.2) is 5.82 Å². The molecular formula is C15H14N2O2S. The Kier molecular flexibility index (Phi) is 3.44. The maximum Gasteiger partial charge on any atom is 0.339 e. The fourth-order valence-corrected chi connectivity index (χ4v) is 2.52. The highest BCUT2D eigenvalue weighted by atomic mass is 32.2. The first kappa shape index (κ1) is 13.1. The molecule has 0 aliphatic heterocycles. The normalized spacial score (nSPS) is 14.2. The Balaban J connectivity index is 2.01. The van der Waals surface area contributed by atoms with Gasteiger partial charge in [-0.25, -0.2) is 14.8 Å². The topological polar surface area (TPSA) is 63.1 Å². The van der Waals surface area contributed by atoms with Gasteiger partial charge in [0.1, 0.15) is 0 Å². The molecule has 1 fully saturated rings. The summed E-state index contributed by atoms with van der Waals surface area (Å²) in [5, 5.41) is 9.19. The molecule has 0 bridgehead atoms. The van der Waals surface area contributed by atoms with Crippen molar-refractivity contribution in [1.82, 2.24) is 9.97 Å². The summed E-state index contributed by atoms with van der Waals surface area (Å²) in [4.78, 5) is 21.1. The van der Waals surface area contributed by atoms with Crippen molar-refractivity contribution < 1.29 is 9.90 Å². The van der Waals surface area contributed by atoms with E-state index in [2.05, 4.69) is 9.97 Å². The molecule has 1 aromatic heterocycles. The summed E-state index contributed by atoms with van der Waals surface area (Å²) in [6.45, 7) is 0. The van der Waals surface area contributed by atoms with Crippen LogP contribution in [0.25, 0.3) is 11.4 Å². The zero-order valence-electron chi connectivity index (χ0n) is 11.0. The molecule has 1 heterocycles. The maximum absolute atomic E-state index is 11.2. The number of carboxylic acid groups (broad SMARTS) is 1. The molecule has 1 aliphatic rings. The lowest BCUT2D eigenvalue weighted by Gasteiger charge is -2.07. The number of rotatable bonds is 4. The van der Waals surface area contributed by atoms with E-state index in [1.807, 2.05) is 30.5 Å². The maximum atomic E-state index is 11.2. The van der Waals surface area contributed by atoms with Crippen LogP contribution in [0.3, 0.4) is 0 Å². The van der Waals surface area contributed by atoms with E-state index in [9.17, 15) is 9.90 Å². The molecule has 0 atom stereocenters. The van der Waals surface area contributed by atoms with Crippen LogP contribution in [0.5, 0.6) is 0 Å². The Hall–Kier alpha value is -1.88. The van der Waals surface area contributed by atoms with Crippen molar-refractivity contribution in [1.29, 1.82) is 0 Å². The molecule has 0 saturated heterocycles. The third kappa shape index (κ3) is 2.54. The van der Waals surface area contributed by atoms with Crippen LogP contribution in [0.2, 0.25) is 0 Å². The predicted octanol–water partition coefficient (Wildman–Crippen LogP) is 3.44. The SMILES string of the molecule is CSc1ccc(-c2ncc(C(=O)O)c(C3CC3)n2)cc1. The summed E-state index contributed by atoms with van der Waals surface area (Å²) in [5.74, 6) is -0.0611. The third-order valence-corrected chi connectivity index (χ3v) is 4.10. The van der Waals surface area contributed by atoms with E-state index in [4.69, 9.17) is 0 Å². The smallest absolute Gasteiger partial charge is 0.339 e. The van der Waals surface area contributed by atoms with Crippen LogP contribution in [0.4, 0.5) is 0 Å². The summed E-state index contributed by atoms with van der Waals surface area (Å²) in [5.41, 5.74) is 1.83. The van der Waals surface area contributed by atoms with Crippen LogP contribution >= 0.6 is 11.8 Å². The quantitative estimate of drug-likeness (QED) is 0.872. The van der Waals surface area contributed by atoms with Gasteiger partial charge in [-0.2, -0.15) is 0 Å². The molecule has 0 radical (unpaired) electrons. The monoisotopic (exact) mass is 286 g/mol. The van der Waals surface area contributed by atoms with Crippen LogP contribution in [-0.4, -0.2) is 27.3 Å². The molecule has 102 valence electrons. The second kappa shape index (κ2) is 5.25. The molecular weight excluding hydrogens is 272 g/mol. The molecule has 3 rings (SSSR count). The Labute approximate surface area is 121 Å². The van der Waals surface area contributed by atoms with Gasteiger partial charge in [-0.1, -0.05) is 12.1 Å². The van der Waals surface area contributed by atoms with Crippen molar-refractivity contribution in [3.05, 3.63) is 41.7 Å². The molecule has 20 heavy (non-hydrogen) atoms. The number of aromatic carboxylic acids is 1. The van der Waals surface area contributed by atoms with Crippen molar-refractivity contribution >= 4 is 17.7 Å². The molecule has 4 nitrogen and oxygen atoms in total. The first-order valence-electron chi connectivity index (χ1n) is 6.43. The number of nitrogens with zero attached hydrogens (tertiary/aromatic N) is 2. The van der Waals surface area contributed by atoms with Gasteiger partial charge < -0.3 is 5.11 Å². The average Bonchev–Trinajstić information content (AvgIpc) is 3.31. The van der Waals surface area contributed by atoms with Gasteiger partial charge in [0.25, 0.3) is 0 Å². The third-order valence-electron chi connectivity index (χ3n) is 3.36. The Bertz CT molecular complexity index is 651. The fourth-order valence-electron chi connectivity index (χ4n) is 2.11. The van der Waals surface area contributed by atoms with Crippen molar-refractivity contribution in [2.24, 2.45) is 0 Å². The summed E-state index contributed by atoms with van der Waals surface area (Å²) in [6.07, 6.45) is 5.49. The van der Waals surface area contributed by atoms with Gasteiger partial charge in [0.2, 0.25) is 0 Å². The minimum absolute atomic E-state index is 0.233. The number of hydrogen-bond donors (Lipinski definition) is 1. The first-order valence-corrected chi connectivity index (χ1v) is 7.66. The van der Waals surface area contributed by atoms with Crippen molar-refractivity contribution in [3.63, 3.8) is 0 Å². The highest BCUT2D eigenvalue weighted by Gasteiger charge is 2.30. The first-order chi connectivity index (χ1) is 9.69. The highest BCUT2D eigenvalue weighted by molar-refractivity contribution is 7.98. The Morgan fingerprint density at radius 3 is 2.55 bits per heavy atom. The summed E-state index contributed by atoms with van der Waals surface area (Å²) >= 11 is 1.68. The molecule has 0 spiro atoms. The lowest BCUT2D eigenvalue weighted by molar-refractivity contribution is 0.0694. The van der Waals surface area contributed by atoms with Crippen LogP contribution in [0.15, 0.2) is 35.4 Å². The fraction of sp³-hybridized carbons (Fsp3) is 0.267. The van der Waals surface area contributed by atoms with Gasteiger partial charge in [-0.3, -0.25) is 0 Å². The summed E-state index contributed by atoms with van der Waals surface area (Å²) < 4.78 is 0. The second-order valence-corrected chi connectivity index (χ2v) is 5.68. The zero-order valence-corrected chi connectivity index (χ0v) is 11.9. The van der Waals surface area contributed by atoms with E-state index in [0.717, 1.165) is 18.4 Å². The molecule has 5 heteroatoms. The lowest BCUT2D eigenvalue weighted by Crippen LogP contribution is -2.06. The molecule has 1 saturated carbocycles. The number of benzene rings is 1. The number of thioether (sulfide) groups is 1. The van der Waals surface area contributed by atoms with Crippen LogP contribution in [0.1, 0.15) is 34.8 Å². The van der Waals surface area contributed by atoms with Crippen molar-refractivity contribution in [2.45, 2.75) is 23.7 Å². The number of aromatic nitrogens is 2. The van der Waals surface area contributed by atoms with Gasteiger partial charge >= 0.3 is 5.97 Å². The van der Waals surface area contributed by atoms with Crippen LogP contribution < -0.4 is 0 Å². The predicted molar refractivity (Wildman–Crippen MR) is 78.2 cm³/mol. The minimum Gasteiger partial charge on any atom is -0.478 e.